The second kappa shape index (κ2) is 4.88. The Kier molecular flexibility index (Phi) is 3.29. The lowest BCUT2D eigenvalue weighted by Gasteiger charge is -2.20. The molecule has 0 amide bonds. The molecule has 0 fully saturated rings. The number of rotatable bonds is 4. The number of hydrogen-bond donors (Lipinski definition) is 0. The minimum absolute atomic E-state index is 0.0536. The van der Waals surface area contributed by atoms with E-state index in [0.29, 0.717) is 13.2 Å². The van der Waals surface area contributed by atoms with Gasteiger partial charge in [-0.2, -0.15) is 5.11 Å². The zero-order chi connectivity index (χ0) is 12.3. The van der Waals surface area contributed by atoms with Gasteiger partial charge in [-0.15, -0.1) is 0 Å². The Balaban J connectivity index is 2.16. The van der Waals surface area contributed by atoms with E-state index in [1.54, 1.807) is 17.1 Å². The number of nitro groups is 1. The van der Waals surface area contributed by atoms with Gasteiger partial charge in [0.1, 0.15) is 6.54 Å². The minimum Gasteiger partial charge on any atom is -0.355 e. The number of nitro benzene ring substituents is 1. The van der Waals surface area contributed by atoms with Crippen molar-refractivity contribution in [3.8, 4) is 0 Å². The Morgan fingerprint density at radius 2 is 2.24 bits per heavy atom. The monoisotopic (exact) mass is 238 g/mol. The maximum Gasteiger partial charge on any atom is 0.269 e. The number of nitrogens with zero attached hydrogens (tertiary/aromatic N) is 4. The molecule has 0 saturated carbocycles. The van der Waals surface area contributed by atoms with Crippen LogP contribution in [0, 0.1) is 10.1 Å². The molecule has 1 aromatic carbocycles. The predicted octanol–water partition coefficient (Wildman–Crippen LogP) is 2.14. The first-order valence-electron chi connectivity index (χ1n) is 5.25. The fourth-order valence-corrected chi connectivity index (χ4v) is 1.57. The smallest absolute Gasteiger partial charge is 0.269 e. The molecule has 1 aromatic rings. The summed E-state index contributed by atoms with van der Waals surface area (Å²) < 4.78 is 5.45. The summed E-state index contributed by atoms with van der Waals surface area (Å²) in [6.07, 6.45) is -0.221. The summed E-state index contributed by atoms with van der Waals surface area (Å²) in [6.45, 7) is 2.94. The normalized spacial score (nSPS) is 18.6. The fraction of sp³-hybridized carbons (Fsp3) is 0.400. The summed E-state index contributed by atoms with van der Waals surface area (Å²) in [7, 11) is 0. The van der Waals surface area contributed by atoms with Gasteiger partial charge >= 0.3 is 0 Å². The van der Waals surface area contributed by atoms with Gasteiger partial charge in [0.25, 0.3) is 5.69 Å². The van der Waals surface area contributed by atoms with Gasteiger partial charge in [-0.1, -0.05) is 5.22 Å². The standard InChI is InChI=1S/C10H12N4O3/c1-2-17-10-7-11-12-13(10)8-3-5-9(6-4-8)14(15)16/h3-6,10H,2,7H2,1H3/i11+1,13+1. The maximum atomic E-state index is 10.5. The summed E-state index contributed by atoms with van der Waals surface area (Å²) in [4.78, 5) is 10.1. The van der Waals surface area contributed by atoms with Crippen molar-refractivity contribution in [2.45, 2.75) is 13.2 Å². The number of benzene rings is 1. The number of hydrogen-bond acceptors (Lipinski definition) is 6. The van der Waals surface area contributed by atoms with Crippen molar-refractivity contribution in [1.82, 2.24) is 0 Å². The molecule has 1 aliphatic heterocycles. The van der Waals surface area contributed by atoms with E-state index < -0.39 is 4.92 Å². The van der Waals surface area contributed by atoms with E-state index in [-0.39, 0.29) is 11.9 Å². The van der Waals surface area contributed by atoms with Crippen molar-refractivity contribution in [1.29, 1.82) is 0 Å². The van der Waals surface area contributed by atoms with Gasteiger partial charge in [0.15, 0.2) is 6.23 Å². The summed E-state index contributed by atoms with van der Waals surface area (Å²) in [6, 6.07) is 6.14. The lowest BCUT2D eigenvalue weighted by molar-refractivity contribution is -0.384. The van der Waals surface area contributed by atoms with E-state index >= 15 is 0 Å². The maximum absolute atomic E-state index is 10.5. The molecule has 0 saturated heterocycles. The van der Waals surface area contributed by atoms with Crippen molar-refractivity contribution in [2.75, 3.05) is 18.2 Å². The van der Waals surface area contributed by atoms with Crippen LogP contribution in [0.5, 0.6) is 0 Å². The van der Waals surface area contributed by atoms with Crippen LogP contribution in [-0.4, -0.2) is 24.3 Å². The zero-order valence-corrected chi connectivity index (χ0v) is 9.31. The molecule has 2 rings (SSSR count). The van der Waals surface area contributed by atoms with E-state index in [1.807, 2.05) is 6.92 Å². The van der Waals surface area contributed by atoms with Gasteiger partial charge in [-0.3, -0.25) is 10.1 Å². The summed E-state index contributed by atoms with van der Waals surface area (Å²) >= 11 is 0. The molecule has 0 spiro atoms. The van der Waals surface area contributed by atoms with Crippen molar-refractivity contribution in [3.63, 3.8) is 0 Å². The first-order chi connectivity index (χ1) is 8.22. The Hall–Kier alpha value is -2.02. The first kappa shape index (κ1) is 11.5. The second-order valence-corrected chi connectivity index (χ2v) is 3.44. The van der Waals surface area contributed by atoms with E-state index in [0.717, 1.165) is 5.69 Å². The van der Waals surface area contributed by atoms with Crippen LogP contribution in [0.25, 0.3) is 0 Å². The van der Waals surface area contributed by atoms with Crippen LogP contribution in [0.4, 0.5) is 11.4 Å². The van der Waals surface area contributed by atoms with E-state index in [4.69, 9.17) is 4.74 Å². The van der Waals surface area contributed by atoms with Crippen molar-refractivity contribution < 1.29 is 9.66 Å². The predicted molar refractivity (Wildman–Crippen MR) is 60.7 cm³/mol. The molecular weight excluding hydrogens is 226 g/mol. The lowest BCUT2D eigenvalue weighted by Crippen LogP contribution is -2.31. The Labute approximate surface area is 97.8 Å². The molecule has 0 aliphatic carbocycles. The van der Waals surface area contributed by atoms with Gasteiger partial charge in [0, 0.05) is 18.7 Å². The average molecular weight is 238 g/mol. The van der Waals surface area contributed by atoms with Gasteiger partial charge in [-0.25, -0.2) is 5.01 Å². The highest BCUT2D eigenvalue weighted by Gasteiger charge is 2.24. The largest absolute Gasteiger partial charge is 0.355 e. The topological polar surface area (TPSA) is 80.3 Å². The molecule has 0 aromatic heterocycles. The molecule has 7 nitrogen and oxygen atoms in total. The van der Waals surface area contributed by atoms with Crippen molar-refractivity contribution in [2.24, 2.45) is 10.3 Å². The Bertz CT molecular complexity index is 432. The third-order valence-electron chi connectivity index (χ3n) is 2.35. The van der Waals surface area contributed by atoms with E-state index in [9.17, 15) is 10.1 Å². The minimum atomic E-state index is -0.435. The molecule has 7 heteroatoms. The molecule has 1 aliphatic rings. The number of non-ortho nitro benzene ring substituents is 1. The summed E-state index contributed by atoms with van der Waals surface area (Å²) in [5.74, 6) is 0. The van der Waals surface area contributed by atoms with Crippen LogP contribution >= 0.6 is 0 Å². The molecule has 0 bridgehead atoms. The highest BCUT2D eigenvalue weighted by atomic mass is 16.6. The molecule has 1 atom stereocenters. The van der Waals surface area contributed by atoms with Crippen molar-refractivity contribution >= 4 is 11.4 Å². The van der Waals surface area contributed by atoms with Gasteiger partial charge in [0.2, 0.25) is 0 Å². The average Bonchev–Trinajstić information content (AvgIpc) is 2.78. The molecule has 90 valence electrons. The van der Waals surface area contributed by atoms with Crippen LogP contribution in [-0.2, 0) is 4.74 Å². The first-order valence-corrected chi connectivity index (χ1v) is 5.25. The highest BCUT2D eigenvalue weighted by Crippen LogP contribution is 2.24. The lowest BCUT2D eigenvalue weighted by atomic mass is 10.3. The summed E-state index contributed by atoms with van der Waals surface area (Å²) in [5, 5.41) is 20.0. The van der Waals surface area contributed by atoms with Gasteiger partial charge in [0.05, 0.1) is 10.6 Å². The van der Waals surface area contributed by atoms with Crippen LogP contribution in [0.3, 0.4) is 0 Å². The molecule has 1 heterocycles. The Morgan fingerprint density at radius 1 is 1.53 bits per heavy atom. The second-order valence-electron chi connectivity index (χ2n) is 3.44. The number of anilines is 1. The van der Waals surface area contributed by atoms with Gasteiger partial charge in [-0.05, 0) is 19.1 Å². The van der Waals surface area contributed by atoms with Crippen LogP contribution in [0.2, 0.25) is 0 Å². The third kappa shape index (κ3) is 2.39. The number of ether oxygens (including phenoxy) is 1. The fourth-order valence-electron chi connectivity index (χ4n) is 1.57. The molecule has 17 heavy (non-hydrogen) atoms. The quantitative estimate of drug-likeness (QED) is 0.457. The SMILES string of the molecule is CCOC1C[15N]=N[15N]1c1ccc([N+](=O)[O-])cc1. The van der Waals surface area contributed by atoms with E-state index in [2.05, 4.69) is 10.3 Å². The Morgan fingerprint density at radius 3 is 2.82 bits per heavy atom. The van der Waals surface area contributed by atoms with E-state index in [1.165, 1.54) is 12.1 Å². The molecular formula is C10H12N4O3. The zero-order valence-electron chi connectivity index (χ0n) is 9.31. The van der Waals surface area contributed by atoms with Crippen LogP contribution in [0.15, 0.2) is 34.6 Å². The summed E-state index contributed by atoms with van der Waals surface area (Å²) in [5.41, 5.74) is 0.785. The molecule has 0 radical (unpaired) electrons. The molecule has 1 unspecified atom stereocenters. The van der Waals surface area contributed by atoms with Crippen molar-refractivity contribution in [3.05, 3.63) is 34.4 Å². The molecule has 0 N–H and O–H groups in total. The van der Waals surface area contributed by atoms with Crippen LogP contribution < -0.4 is 5.01 Å². The van der Waals surface area contributed by atoms with Crippen LogP contribution in [0.1, 0.15) is 6.92 Å². The highest BCUT2D eigenvalue weighted by molar-refractivity contribution is 5.50. The third-order valence-corrected chi connectivity index (χ3v) is 2.35. The van der Waals surface area contributed by atoms with Gasteiger partial charge < -0.3 is 4.74 Å².